The number of amides is 3. The molecule has 1 atom stereocenters. The molecule has 0 saturated carbocycles. The number of urea groups is 1. The Hall–Kier alpha value is -4.35. The molecule has 3 rings (SSSR count). The van der Waals surface area contributed by atoms with Crippen molar-refractivity contribution in [3.63, 3.8) is 0 Å². The molecular formula is C23H21F3N4O5. The molecule has 0 spiro atoms. The van der Waals surface area contributed by atoms with Gasteiger partial charge in [-0.25, -0.2) is 14.6 Å². The predicted octanol–water partition coefficient (Wildman–Crippen LogP) is 4.84. The highest BCUT2D eigenvalue weighted by molar-refractivity contribution is 6.00. The molecule has 0 fully saturated rings. The van der Waals surface area contributed by atoms with Crippen LogP contribution in [-0.2, 0) is 11.0 Å². The Kier molecular flexibility index (Phi) is 7.43. The Morgan fingerprint density at radius 1 is 1.00 bits per heavy atom. The molecule has 9 nitrogen and oxygen atoms in total. The van der Waals surface area contributed by atoms with Gasteiger partial charge in [0.05, 0.1) is 11.8 Å². The van der Waals surface area contributed by atoms with E-state index in [1.165, 1.54) is 30.5 Å². The average molecular weight is 490 g/mol. The molecule has 2 aromatic carbocycles. The van der Waals surface area contributed by atoms with Crippen molar-refractivity contribution in [2.75, 3.05) is 10.6 Å². The van der Waals surface area contributed by atoms with Crippen molar-refractivity contribution in [2.45, 2.75) is 26.1 Å². The molecule has 0 bridgehead atoms. The Morgan fingerprint density at radius 3 is 2.26 bits per heavy atom. The van der Waals surface area contributed by atoms with Crippen molar-refractivity contribution in [3.8, 4) is 11.3 Å². The lowest BCUT2D eigenvalue weighted by Crippen LogP contribution is -2.44. The summed E-state index contributed by atoms with van der Waals surface area (Å²) >= 11 is 0. The van der Waals surface area contributed by atoms with E-state index in [2.05, 4.69) is 20.9 Å². The highest BCUT2D eigenvalue weighted by atomic mass is 19.4. The van der Waals surface area contributed by atoms with E-state index in [0.717, 1.165) is 12.1 Å². The van der Waals surface area contributed by atoms with Crippen molar-refractivity contribution in [2.24, 2.45) is 5.92 Å². The van der Waals surface area contributed by atoms with Crippen LogP contribution in [0.5, 0.6) is 0 Å². The van der Waals surface area contributed by atoms with E-state index in [1.807, 2.05) is 0 Å². The Labute approximate surface area is 197 Å². The molecule has 0 saturated heterocycles. The maximum atomic E-state index is 12.8. The van der Waals surface area contributed by atoms with Gasteiger partial charge in [-0.05, 0) is 48.4 Å². The van der Waals surface area contributed by atoms with E-state index in [0.29, 0.717) is 11.3 Å². The number of oxazole rings is 1. The number of rotatable bonds is 7. The molecule has 1 unspecified atom stereocenters. The number of hydrogen-bond donors (Lipinski definition) is 4. The molecule has 0 aliphatic carbocycles. The highest BCUT2D eigenvalue weighted by Crippen LogP contribution is 2.30. The standard InChI is InChI=1S/C23H21F3N4O5/c1-12(2)18(21(32)33)30-19(31)20-27-11-17(35-20)13-6-8-15(9-7-13)28-22(34)29-16-5-3-4-14(10-16)23(24,25)26/h3-12,18H,1-2H3,(H,30,31)(H,32,33)(H2,28,29,34). The molecule has 4 N–H and O–H groups in total. The molecule has 3 amide bonds. The fraction of sp³-hybridized carbons (Fsp3) is 0.217. The first-order valence-electron chi connectivity index (χ1n) is 10.3. The number of halogens is 3. The maximum Gasteiger partial charge on any atom is 0.416 e. The number of nitrogens with zero attached hydrogens (tertiary/aromatic N) is 1. The van der Waals surface area contributed by atoms with Crippen LogP contribution in [0.2, 0.25) is 0 Å². The molecule has 1 aromatic heterocycles. The lowest BCUT2D eigenvalue weighted by atomic mass is 10.1. The maximum absolute atomic E-state index is 12.8. The minimum atomic E-state index is -4.53. The van der Waals surface area contributed by atoms with Crippen LogP contribution in [0.1, 0.15) is 30.1 Å². The van der Waals surface area contributed by atoms with Crippen LogP contribution in [0.15, 0.2) is 59.1 Å². The zero-order valence-corrected chi connectivity index (χ0v) is 18.5. The number of benzene rings is 2. The smallest absolute Gasteiger partial charge is 0.416 e. The number of hydrogen-bond acceptors (Lipinski definition) is 5. The van der Waals surface area contributed by atoms with Gasteiger partial charge in [-0.2, -0.15) is 13.2 Å². The van der Waals surface area contributed by atoms with Gasteiger partial charge in [0, 0.05) is 16.9 Å². The summed E-state index contributed by atoms with van der Waals surface area (Å²) in [5.74, 6) is -2.39. The van der Waals surface area contributed by atoms with E-state index >= 15 is 0 Å². The fourth-order valence-electron chi connectivity index (χ4n) is 3.01. The molecule has 12 heteroatoms. The normalized spacial score (nSPS) is 12.2. The van der Waals surface area contributed by atoms with Crippen LogP contribution in [0.4, 0.5) is 29.3 Å². The van der Waals surface area contributed by atoms with Crippen LogP contribution >= 0.6 is 0 Å². The van der Waals surface area contributed by atoms with Gasteiger partial charge in [0.1, 0.15) is 6.04 Å². The van der Waals surface area contributed by atoms with Gasteiger partial charge in [-0.15, -0.1) is 0 Å². The minimum Gasteiger partial charge on any atom is -0.480 e. The fourth-order valence-corrected chi connectivity index (χ4v) is 3.01. The topological polar surface area (TPSA) is 134 Å². The van der Waals surface area contributed by atoms with Gasteiger partial charge in [-0.3, -0.25) is 4.79 Å². The number of carboxylic acid groups (broad SMARTS) is 1. The van der Waals surface area contributed by atoms with Gasteiger partial charge >= 0.3 is 24.1 Å². The number of carboxylic acids is 1. The van der Waals surface area contributed by atoms with Crippen LogP contribution in [0, 0.1) is 5.92 Å². The quantitative estimate of drug-likeness (QED) is 0.374. The SMILES string of the molecule is CC(C)C(NC(=O)c1ncc(-c2ccc(NC(=O)Nc3cccc(C(F)(F)F)c3)cc2)o1)C(=O)O. The summed E-state index contributed by atoms with van der Waals surface area (Å²) in [5.41, 5.74) is -0.0533. The number of aromatic nitrogens is 1. The largest absolute Gasteiger partial charge is 0.480 e. The second-order valence-electron chi connectivity index (χ2n) is 7.80. The van der Waals surface area contributed by atoms with Gasteiger partial charge in [-0.1, -0.05) is 19.9 Å². The number of carbonyl (C=O) groups is 3. The average Bonchev–Trinajstić information content (AvgIpc) is 3.27. The van der Waals surface area contributed by atoms with Crippen LogP contribution < -0.4 is 16.0 Å². The zero-order valence-electron chi connectivity index (χ0n) is 18.5. The van der Waals surface area contributed by atoms with Crippen molar-refractivity contribution in [1.29, 1.82) is 0 Å². The highest BCUT2D eigenvalue weighted by Gasteiger charge is 2.30. The first kappa shape index (κ1) is 25.3. The molecule has 184 valence electrons. The number of aliphatic carboxylic acids is 1. The minimum absolute atomic E-state index is 0.0241. The monoisotopic (exact) mass is 490 g/mol. The van der Waals surface area contributed by atoms with Crippen LogP contribution in [0.25, 0.3) is 11.3 Å². The third-order valence-electron chi connectivity index (χ3n) is 4.79. The Morgan fingerprint density at radius 2 is 1.66 bits per heavy atom. The number of carbonyl (C=O) groups excluding carboxylic acids is 2. The van der Waals surface area contributed by atoms with Gasteiger partial charge in [0.2, 0.25) is 0 Å². The van der Waals surface area contributed by atoms with E-state index in [1.54, 1.807) is 26.0 Å². The van der Waals surface area contributed by atoms with Gasteiger partial charge in [0.15, 0.2) is 5.76 Å². The third-order valence-corrected chi connectivity index (χ3v) is 4.79. The van der Waals surface area contributed by atoms with E-state index in [-0.39, 0.29) is 23.3 Å². The second-order valence-corrected chi connectivity index (χ2v) is 7.80. The van der Waals surface area contributed by atoms with Gasteiger partial charge in [0.25, 0.3) is 5.89 Å². The predicted molar refractivity (Wildman–Crippen MR) is 120 cm³/mol. The lowest BCUT2D eigenvalue weighted by Gasteiger charge is -2.16. The Balaban J connectivity index is 1.62. The summed E-state index contributed by atoms with van der Waals surface area (Å²) in [7, 11) is 0. The van der Waals surface area contributed by atoms with E-state index in [9.17, 15) is 32.7 Å². The van der Waals surface area contributed by atoms with Crippen molar-refractivity contribution in [3.05, 3.63) is 66.2 Å². The molecule has 0 aliphatic rings. The van der Waals surface area contributed by atoms with Crippen molar-refractivity contribution in [1.82, 2.24) is 10.3 Å². The third kappa shape index (κ3) is 6.59. The zero-order chi connectivity index (χ0) is 25.8. The summed E-state index contributed by atoms with van der Waals surface area (Å²) < 4.78 is 43.8. The van der Waals surface area contributed by atoms with Gasteiger partial charge < -0.3 is 25.5 Å². The molecular weight excluding hydrogens is 469 g/mol. The molecule has 0 aliphatic heterocycles. The second kappa shape index (κ2) is 10.3. The van der Waals surface area contributed by atoms with Crippen LogP contribution in [0.3, 0.4) is 0 Å². The first-order chi connectivity index (χ1) is 16.4. The Bertz CT molecular complexity index is 1220. The van der Waals surface area contributed by atoms with Crippen LogP contribution in [-0.4, -0.2) is 34.0 Å². The first-order valence-corrected chi connectivity index (χ1v) is 10.3. The number of alkyl halides is 3. The number of nitrogens with one attached hydrogen (secondary N) is 3. The molecule has 35 heavy (non-hydrogen) atoms. The molecule has 3 aromatic rings. The number of anilines is 2. The molecule has 1 heterocycles. The summed E-state index contributed by atoms with van der Waals surface area (Å²) in [6.07, 6.45) is -3.24. The van der Waals surface area contributed by atoms with Crippen molar-refractivity contribution < 1.29 is 37.1 Å². The summed E-state index contributed by atoms with van der Waals surface area (Å²) in [6.45, 7) is 3.30. The van der Waals surface area contributed by atoms with E-state index in [4.69, 9.17) is 4.42 Å². The lowest BCUT2D eigenvalue weighted by molar-refractivity contribution is -0.140. The molecule has 0 radical (unpaired) electrons. The summed E-state index contributed by atoms with van der Waals surface area (Å²) in [6, 6.07) is 8.55. The van der Waals surface area contributed by atoms with Crippen molar-refractivity contribution >= 4 is 29.3 Å². The van der Waals surface area contributed by atoms with E-state index < -0.39 is 35.7 Å². The summed E-state index contributed by atoms with van der Waals surface area (Å²) in [5, 5.41) is 16.4. The summed E-state index contributed by atoms with van der Waals surface area (Å²) in [4.78, 5) is 39.5.